The maximum Gasteiger partial charge on any atom is 0.139 e. The minimum Gasteiger partial charge on any atom is -0.385 e. The van der Waals surface area contributed by atoms with Gasteiger partial charge in [0.2, 0.25) is 0 Å². The molecule has 1 aromatic rings. The molecule has 3 nitrogen and oxygen atoms in total. The van der Waals surface area contributed by atoms with Gasteiger partial charge in [-0.15, -0.1) is 0 Å². The molecule has 1 unspecified atom stereocenters. The molecule has 1 N–H and O–H groups in total. The smallest absolute Gasteiger partial charge is 0.139 e. The standard InChI is InChI=1S/C13H19IN2O/c1-8(2)10(17)11-15-9(14)4-16(11)13-5-12(3,6-13)7-13/h4,8,10,17H,5-7H2,1-3H3. The molecule has 1 atom stereocenters. The largest absolute Gasteiger partial charge is 0.385 e. The summed E-state index contributed by atoms with van der Waals surface area (Å²) in [6, 6.07) is 0. The van der Waals surface area contributed by atoms with Crippen LogP contribution in [0.4, 0.5) is 0 Å². The third kappa shape index (κ3) is 1.59. The average Bonchev–Trinajstić information content (AvgIpc) is 2.52. The molecular formula is C13H19IN2O. The summed E-state index contributed by atoms with van der Waals surface area (Å²) in [5, 5.41) is 10.3. The first-order valence-electron chi connectivity index (χ1n) is 6.29. The van der Waals surface area contributed by atoms with Gasteiger partial charge < -0.3 is 9.67 Å². The van der Waals surface area contributed by atoms with E-state index in [-0.39, 0.29) is 11.5 Å². The van der Waals surface area contributed by atoms with Gasteiger partial charge in [-0.2, -0.15) is 0 Å². The fourth-order valence-corrected chi connectivity index (χ4v) is 4.26. The van der Waals surface area contributed by atoms with Crippen molar-refractivity contribution in [2.75, 3.05) is 0 Å². The molecule has 2 bridgehead atoms. The lowest BCUT2D eigenvalue weighted by molar-refractivity contribution is -0.177. The SMILES string of the molecule is CC(C)C(O)c1nc(I)cn1C12CC(C)(C1)C2. The van der Waals surface area contributed by atoms with E-state index in [0.29, 0.717) is 5.41 Å². The van der Waals surface area contributed by atoms with Crippen LogP contribution < -0.4 is 0 Å². The Balaban J connectivity index is 1.95. The molecule has 1 heterocycles. The second-order valence-corrected chi connectivity index (χ2v) is 7.65. The predicted molar refractivity (Wildman–Crippen MR) is 74.7 cm³/mol. The predicted octanol–water partition coefficient (Wildman–Crippen LogP) is 3.08. The zero-order valence-corrected chi connectivity index (χ0v) is 12.7. The second-order valence-electron chi connectivity index (χ2n) is 6.55. The molecule has 0 aliphatic heterocycles. The Labute approximate surface area is 116 Å². The zero-order valence-electron chi connectivity index (χ0n) is 10.6. The summed E-state index contributed by atoms with van der Waals surface area (Å²) >= 11 is 2.24. The molecule has 0 aromatic carbocycles. The van der Waals surface area contributed by atoms with Gasteiger partial charge in [0.25, 0.3) is 0 Å². The maximum absolute atomic E-state index is 10.3. The van der Waals surface area contributed by atoms with Crippen molar-refractivity contribution in [1.29, 1.82) is 0 Å². The molecule has 0 amide bonds. The first kappa shape index (κ1) is 12.0. The van der Waals surface area contributed by atoms with Crippen molar-refractivity contribution in [2.45, 2.75) is 51.7 Å². The molecule has 4 rings (SSSR count). The Hall–Kier alpha value is -0.100. The molecule has 3 aliphatic rings. The van der Waals surface area contributed by atoms with Crippen LogP contribution in [-0.2, 0) is 5.54 Å². The molecule has 3 aliphatic carbocycles. The van der Waals surface area contributed by atoms with Gasteiger partial charge in [0, 0.05) is 11.7 Å². The van der Waals surface area contributed by atoms with E-state index in [1.807, 2.05) is 13.8 Å². The number of rotatable bonds is 3. The highest BCUT2D eigenvalue weighted by Gasteiger charge is 2.66. The molecular weight excluding hydrogens is 327 g/mol. The van der Waals surface area contributed by atoms with Crippen molar-refractivity contribution >= 4 is 22.6 Å². The molecule has 3 saturated carbocycles. The first-order chi connectivity index (χ1) is 7.85. The fraction of sp³-hybridized carbons (Fsp3) is 0.769. The van der Waals surface area contributed by atoms with Crippen LogP contribution in [0.3, 0.4) is 0 Å². The number of halogens is 1. The van der Waals surface area contributed by atoms with Gasteiger partial charge in [0.15, 0.2) is 0 Å². The number of hydrogen-bond acceptors (Lipinski definition) is 2. The van der Waals surface area contributed by atoms with Crippen LogP contribution >= 0.6 is 22.6 Å². The van der Waals surface area contributed by atoms with Crippen molar-refractivity contribution < 1.29 is 5.11 Å². The van der Waals surface area contributed by atoms with E-state index in [9.17, 15) is 5.11 Å². The Morgan fingerprint density at radius 3 is 2.47 bits per heavy atom. The van der Waals surface area contributed by atoms with Crippen LogP contribution in [0.1, 0.15) is 52.0 Å². The fourth-order valence-electron chi connectivity index (χ4n) is 3.73. The van der Waals surface area contributed by atoms with E-state index in [0.717, 1.165) is 9.53 Å². The van der Waals surface area contributed by atoms with Gasteiger partial charge in [-0.05, 0) is 53.2 Å². The highest BCUT2D eigenvalue weighted by molar-refractivity contribution is 14.1. The monoisotopic (exact) mass is 346 g/mol. The molecule has 17 heavy (non-hydrogen) atoms. The van der Waals surface area contributed by atoms with E-state index >= 15 is 0 Å². The summed E-state index contributed by atoms with van der Waals surface area (Å²) in [4.78, 5) is 4.53. The number of aliphatic hydroxyl groups excluding tert-OH is 1. The number of aromatic nitrogens is 2. The molecule has 1 aromatic heterocycles. The lowest BCUT2D eigenvalue weighted by Gasteiger charge is -2.70. The Bertz CT molecular complexity index is 446. The van der Waals surface area contributed by atoms with Crippen molar-refractivity contribution in [1.82, 2.24) is 9.55 Å². The van der Waals surface area contributed by atoms with Gasteiger partial charge in [-0.1, -0.05) is 20.8 Å². The molecule has 0 spiro atoms. The summed E-state index contributed by atoms with van der Waals surface area (Å²) in [5.41, 5.74) is 0.867. The Kier molecular flexibility index (Phi) is 2.44. The molecule has 0 saturated heterocycles. The minimum atomic E-state index is -0.444. The third-order valence-corrected chi connectivity index (χ3v) is 4.90. The van der Waals surface area contributed by atoms with Gasteiger partial charge in [-0.3, -0.25) is 0 Å². The number of hydrogen-bond donors (Lipinski definition) is 1. The Morgan fingerprint density at radius 1 is 1.41 bits per heavy atom. The number of nitrogens with zero attached hydrogens (tertiary/aromatic N) is 2. The van der Waals surface area contributed by atoms with E-state index in [1.165, 1.54) is 19.3 Å². The maximum atomic E-state index is 10.3. The van der Waals surface area contributed by atoms with Gasteiger partial charge in [-0.25, -0.2) is 4.98 Å². The molecule has 4 heteroatoms. The van der Waals surface area contributed by atoms with Crippen LogP contribution in [-0.4, -0.2) is 14.7 Å². The van der Waals surface area contributed by atoms with Gasteiger partial charge >= 0.3 is 0 Å². The summed E-state index contributed by atoms with van der Waals surface area (Å²) in [7, 11) is 0. The first-order valence-corrected chi connectivity index (χ1v) is 7.37. The van der Waals surface area contributed by atoms with Crippen LogP contribution in [0.25, 0.3) is 0 Å². The summed E-state index contributed by atoms with van der Waals surface area (Å²) < 4.78 is 3.26. The molecule has 0 radical (unpaired) electrons. The summed E-state index contributed by atoms with van der Waals surface area (Å²) in [5.74, 6) is 1.08. The third-order valence-electron chi connectivity index (χ3n) is 4.38. The average molecular weight is 346 g/mol. The van der Waals surface area contributed by atoms with E-state index < -0.39 is 6.10 Å². The quantitative estimate of drug-likeness (QED) is 0.855. The molecule has 3 fully saturated rings. The van der Waals surface area contributed by atoms with E-state index in [4.69, 9.17) is 0 Å². The summed E-state index contributed by atoms with van der Waals surface area (Å²) in [6.45, 7) is 6.44. The van der Waals surface area contributed by atoms with Crippen molar-refractivity contribution in [3.8, 4) is 0 Å². The van der Waals surface area contributed by atoms with Crippen LogP contribution in [0.5, 0.6) is 0 Å². The van der Waals surface area contributed by atoms with Gasteiger partial charge in [0.1, 0.15) is 15.6 Å². The van der Waals surface area contributed by atoms with E-state index in [2.05, 4.69) is 45.3 Å². The topological polar surface area (TPSA) is 38.1 Å². The highest BCUT2D eigenvalue weighted by atomic mass is 127. The van der Waals surface area contributed by atoms with Crippen LogP contribution in [0.15, 0.2) is 6.20 Å². The second kappa shape index (κ2) is 3.47. The number of aliphatic hydroxyl groups is 1. The van der Waals surface area contributed by atoms with E-state index in [1.54, 1.807) is 0 Å². The highest BCUT2D eigenvalue weighted by Crippen LogP contribution is 2.71. The zero-order chi connectivity index (χ0) is 12.4. The lowest BCUT2D eigenvalue weighted by atomic mass is 9.40. The van der Waals surface area contributed by atoms with Crippen LogP contribution in [0.2, 0.25) is 0 Å². The van der Waals surface area contributed by atoms with Crippen molar-refractivity contribution in [3.63, 3.8) is 0 Å². The minimum absolute atomic E-state index is 0.217. The van der Waals surface area contributed by atoms with Gasteiger partial charge in [0.05, 0.1) is 0 Å². The molecule has 94 valence electrons. The van der Waals surface area contributed by atoms with Crippen LogP contribution in [0, 0.1) is 15.0 Å². The normalized spacial score (nSPS) is 36.6. The Morgan fingerprint density at radius 2 is 2.00 bits per heavy atom. The summed E-state index contributed by atoms with van der Waals surface area (Å²) in [6.07, 6.45) is 5.43. The lowest BCUT2D eigenvalue weighted by Crippen LogP contribution is -2.66. The van der Waals surface area contributed by atoms with Crippen molar-refractivity contribution in [2.24, 2.45) is 11.3 Å². The number of imidazole rings is 1. The van der Waals surface area contributed by atoms with Crippen molar-refractivity contribution in [3.05, 3.63) is 15.7 Å².